The van der Waals surface area contributed by atoms with Crippen molar-refractivity contribution in [3.8, 4) is 0 Å². The molecule has 0 spiro atoms. The maximum Gasteiger partial charge on any atom is 0.389 e. The van der Waals surface area contributed by atoms with Gasteiger partial charge >= 0.3 is 6.18 Å². The minimum atomic E-state index is -4.26. The van der Waals surface area contributed by atoms with Gasteiger partial charge in [0.2, 0.25) is 0 Å². The monoisotopic (exact) mass is 291 g/mol. The molecule has 0 saturated carbocycles. The fourth-order valence-corrected chi connectivity index (χ4v) is 1.51. The van der Waals surface area contributed by atoms with Gasteiger partial charge in [-0.25, -0.2) is 4.39 Å². The highest BCUT2D eigenvalue weighted by atomic mass is 35.5. The van der Waals surface area contributed by atoms with Gasteiger partial charge in [-0.2, -0.15) is 13.2 Å². The minimum absolute atomic E-state index is 0. The lowest BCUT2D eigenvalue weighted by Crippen LogP contribution is -2.15. The summed E-state index contributed by atoms with van der Waals surface area (Å²) in [5.41, 5.74) is 5.79. The van der Waals surface area contributed by atoms with Crippen molar-refractivity contribution in [3.05, 3.63) is 34.6 Å². The molecule has 1 nitrogen and oxygen atoms in total. The summed E-state index contributed by atoms with van der Waals surface area (Å²) in [7, 11) is 0. The van der Waals surface area contributed by atoms with E-state index in [0.717, 1.165) is 12.1 Å². The fraction of sp³-hybridized carbons (Fsp3) is 0.400. The Balaban J connectivity index is 0.00000256. The van der Waals surface area contributed by atoms with Gasteiger partial charge in [0.15, 0.2) is 0 Å². The van der Waals surface area contributed by atoms with Crippen molar-refractivity contribution in [2.75, 3.05) is 0 Å². The third-order valence-electron chi connectivity index (χ3n) is 2.05. The van der Waals surface area contributed by atoms with Crippen molar-refractivity contribution < 1.29 is 17.6 Å². The van der Waals surface area contributed by atoms with Gasteiger partial charge in [0.1, 0.15) is 5.82 Å². The van der Waals surface area contributed by atoms with Gasteiger partial charge in [-0.05, 0) is 30.2 Å². The normalized spacial score (nSPS) is 13.1. The van der Waals surface area contributed by atoms with Crippen LogP contribution in [0, 0.1) is 5.82 Å². The average Bonchev–Trinajstić information content (AvgIpc) is 2.11. The van der Waals surface area contributed by atoms with Crippen molar-refractivity contribution in [3.63, 3.8) is 0 Å². The molecule has 1 rings (SSSR count). The topological polar surface area (TPSA) is 26.0 Å². The van der Waals surface area contributed by atoms with E-state index in [0.29, 0.717) is 0 Å². The summed E-state index contributed by atoms with van der Waals surface area (Å²) in [6, 6.07) is 2.66. The SMILES string of the molecule is Cl.N[C@H](CCC(F)(F)F)c1cc(F)cc(Cl)c1. The fourth-order valence-electron chi connectivity index (χ4n) is 1.28. The molecule has 0 unspecified atom stereocenters. The Morgan fingerprint density at radius 2 is 1.82 bits per heavy atom. The highest BCUT2D eigenvalue weighted by molar-refractivity contribution is 6.30. The first-order chi connectivity index (χ1) is 7.28. The molecule has 0 heterocycles. The molecule has 0 amide bonds. The third kappa shape index (κ3) is 6.10. The third-order valence-corrected chi connectivity index (χ3v) is 2.27. The number of rotatable bonds is 3. The number of hydrogen-bond donors (Lipinski definition) is 1. The van der Waals surface area contributed by atoms with Crippen molar-refractivity contribution in [1.82, 2.24) is 0 Å². The molecule has 1 aromatic rings. The van der Waals surface area contributed by atoms with Gasteiger partial charge in [0.05, 0.1) is 0 Å². The first-order valence-electron chi connectivity index (χ1n) is 4.56. The zero-order chi connectivity index (χ0) is 12.3. The number of nitrogens with two attached hydrogens (primary N) is 1. The van der Waals surface area contributed by atoms with Crippen LogP contribution >= 0.6 is 24.0 Å². The second-order valence-electron chi connectivity index (χ2n) is 3.46. The lowest BCUT2D eigenvalue weighted by Gasteiger charge is -2.13. The molecule has 1 atom stereocenters. The standard InChI is InChI=1S/C10H10ClF4N.ClH/c11-7-3-6(4-8(12)5-7)9(16)1-2-10(13,14)15;/h3-5,9H,1-2,16H2;1H/t9-;/m1./s1. The first kappa shape index (κ1) is 16.5. The summed E-state index contributed by atoms with van der Waals surface area (Å²) in [6.07, 6.45) is -5.54. The molecule has 0 bridgehead atoms. The van der Waals surface area contributed by atoms with E-state index < -0.39 is 24.5 Å². The Kier molecular flexibility index (Phi) is 6.23. The molecule has 7 heteroatoms. The Hall–Kier alpha value is -0.520. The van der Waals surface area contributed by atoms with Crippen LogP contribution in [0.5, 0.6) is 0 Å². The van der Waals surface area contributed by atoms with Gasteiger partial charge in [-0.3, -0.25) is 0 Å². The quantitative estimate of drug-likeness (QED) is 0.828. The van der Waals surface area contributed by atoms with E-state index in [4.69, 9.17) is 17.3 Å². The zero-order valence-corrected chi connectivity index (χ0v) is 10.2. The van der Waals surface area contributed by atoms with E-state index in [1.54, 1.807) is 0 Å². The van der Waals surface area contributed by atoms with Crippen LogP contribution in [0.3, 0.4) is 0 Å². The van der Waals surface area contributed by atoms with Crippen LogP contribution < -0.4 is 5.73 Å². The van der Waals surface area contributed by atoms with Gasteiger partial charge in [0, 0.05) is 17.5 Å². The Morgan fingerprint density at radius 3 is 2.29 bits per heavy atom. The number of hydrogen-bond acceptors (Lipinski definition) is 1. The molecule has 98 valence electrons. The van der Waals surface area contributed by atoms with Gasteiger partial charge < -0.3 is 5.73 Å². The van der Waals surface area contributed by atoms with E-state index >= 15 is 0 Å². The molecule has 0 radical (unpaired) electrons. The predicted molar refractivity (Wildman–Crippen MR) is 60.9 cm³/mol. The second kappa shape index (κ2) is 6.42. The average molecular weight is 292 g/mol. The van der Waals surface area contributed by atoms with E-state index in [1.807, 2.05) is 0 Å². The molecule has 17 heavy (non-hydrogen) atoms. The summed E-state index contributed by atoms with van der Waals surface area (Å²) < 4.78 is 48.7. The van der Waals surface area contributed by atoms with Crippen LogP contribution in [0.15, 0.2) is 18.2 Å². The summed E-state index contributed by atoms with van der Waals surface area (Å²) >= 11 is 5.57. The van der Waals surface area contributed by atoms with Gasteiger partial charge in [-0.15, -0.1) is 12.4 Å². The maximum absolute atomic E-state index is 12.9. The molecule has 0 aliphatic rings. The molecule has 2 N–H and O–H groups in total. The molecule has 0 aliphatic carbocycles. The van der Waals surface area contributed by atoms with Crippen molar-refractivity contribution >= 4 is 24.0 Å². The maximum atomic E-state index is 12.9. The Labute approximate surface area is 107 Å². The van der Waals surface area contributed by atoms with Gasteiger partial charge in [0.25, 0.3) is 0 Å². The van der Waals surface area contributed by atoms with E-state index in [-0.39, 0.29) is 29.4 Å². The van der Waals surface area contributed by atoms with Crippen molar-refractivity contribution in [2.45, 2.75) is 25.1 Å². The molecular formula is C10H11Cl2F4N. The summed E-state index contributed by atoms with van der Waals surface area (Å²) in [5.74, 6) is -0.607. The second-order valence-corrected chi connectivity index (χ2v) is 3.90. The van der Waals surface area contributed by atoms with Crippen LogP contribution in [0.1, 0.15) is 24.4 Å². The summed E-state index contributed by atoms with van der Waals surface area (Å²) in [4.78, 5) is 0. The van der Waals surface area contributed by atoms with Crippen LogP contribution in [0.25, 0.3) is 0 Å². The Bertz CT molecular complexity index is 348. The van der Waals surface area contributed by atoms with E-state index in [9.17, 15) is 17.6 Å². The lowest BCUT2D eigenvalue weighted by atomic mass is 10.0. The highest BCUT2D eigenvalue weighted by Gasteiger charge is 2.27. The molecule has 1 aromatic carbocycles. The van der Waals surface area contributed by atoms with Crippen LogP contribution in [0.4, 0.5) is 17.6 Å². The smallest absolute Gasteiger partial charge is 0.324 e. The molecule has 0 aromatic heterocycles. The summed E-state index contributed by atoms with van der Waals surface area (Å²) in [5, 5.41) is 0.123. The lowest BCUT2D eigenvalue weighted by molar-refractivity contribution is -0.136. The minimum Gasteiger partial charge on any atom is -0.324 e. The van der Waals surface area contributed by atoms with Crippen LogP contribution in [-0.4, -0.2) is 6.18 Å². The Morgan fingerprint density at radius 1 is 1.24 bits per heavy atom. The largest absolute Gasteiger partial charge is 0.389 e. The van der Waals surface area contributed by atoms with Crippen molar-refractivity contribution in [1.29, 1.82) is 0 Å². The molecule has 0 aliphatic heterocycles. The predicted octanol–water partition coefficient (Wildman–Crippen LogP) is 4.24. The number of alkyl halides is 3. The van der Waals surface area contributed by atoms with E-state index in [2.05, 4.69) is 0 Å². The van der Waals surface area contributed by atoms with Gasteiger partial charge in [-0.1, -0.05) is 11.6 Å². The first-order valence-corrected chi connectivity index (χ1v) is 4.94. The van der Waals surface area contributed by atoms with Crippen LogP contribution in [0.2, 0.25) is 5.02 Å². The highest BCUT2D eigenvalue weighted by Crippen LogP contribution is 2.27. The molecule has 0 saturated heterocycles. The number of benzene rings is 1. The van der Waals surface area contributed by atoms with E-state index in [1.165, 1.54) is 6.07 Å². The molecule has 0 fully saturated rings. The zero-order valence-electron chi connectivity index (χ0n) is 8.60. The number of halogens is 6. The molecular weight excluding hydrogens is 281 g/mol. The van der Waals surface area contributed by atoms with Crippen molar-refractivity contribution in [2.24, 2.45) is 5.73 Å². The van der Waals surface area contributed by atoms with Crippen LogP contribution in [-0.2, 0) is 0 Å². The summed E-state index contributed by atoms with van der Waals surface area (Å²) in [6.45, 7) is 0.